The fourth-order valence-corrected chi connectivity index (χ4v) is 1.57. The number of unbranched alkanes of at least 4 members (excludes halogenated alkanes) is 2. The maximum Gasteiger partial charge on any atom is 0.269 e. The smallest absolute Gasteiger partial charge is 0.269 e. The summed E-state index contributed by atoms with van der Waals surface area (Å²) >= 11 is 0. The highest BCUT2D eigenvalue weighted by atomic mass is 16.6. The first kappa shape index (κ1) is 14.0. The Morgan fingerprint density at radius 1 is 1.39 bits per heavy atom. The molecule has 0 fully saturated rings. The normalized spacial score (nSPS) is 11.6. The third-order valence-corrected chi connectivity index (χ3v) is 2.58. The summed E-state index contributed by atoms with van der Waals surface area (Å²) in [6, 6.07) is 5.97. The zero-order chi connectivity index (χ0) is 13.4. The van der Waals surface area contributed by atoms with Crippen LogP contribution in [0, 0.1) is 22.5 Å². The number of nitro benzene ring substituents is 1. The van der Waals surface area contributed by atoms with Crippen molar-refractivity contribution in [2.45, 2.75) is 38.7 Å². The molecule has 18 heavy (non-hydrogen) atoms. The molecule has 0 bridgehead atoms. The van der Waals surface area contributed by atoms with E-state index in [1.807, 2.05) is 0 Å². The predicted molar refractivity (Wildman–Crippen MR) is 70.5 cm³/mol. The summed E-state index contributed by atoms with van der Waals surface area (Å²) in [6.45, 7) is 2.13. The molecule has 1 aromatic carbocycles. The Morgan fingerprint density at radius 3 is 2.56 bits per heavy atom. The zero-order valence-electron chi connectivity index (χ0n) is 10.5. The van der Waals surface area contributed by atoms with Crippen molar-refractivity contribution >= 4 is 5.69 Å². The molecule has 0 aliphatic heterocycles. The Hall–Kier alpha value is -2.02. The van der Waals surface area contributed by atoms with Crippen molar-refractivity contribution in [2.75, 3.05) is 0 Å². The summed E-state index contributed by atoms with van der Waals surface area (Å²) in [5.41, 5.74) is 0.0468. The van der Waals surface area contributed by atoms with Gasteiger partial charge in [-0.3, -0.25) is 10.1 Å². The van der Waals surface area contributed by atoms with Gasteiger partial charge in [-0.05, 0) is 25.0 Å². The van der Waals surface area contributed by atoms with Crippen molar-refractivity contribution < 1.29 is 9.66 Å². The molecule has 0 aromatic heterocycles. The lowest BCUT2D eigenvalue weighted by Crippen LogP contribution is -2.13. The van der Waals surface area contributed by atoms with Gasteiger partial charge in [0.1, 0.15) is 5.75 Å². The number of benzene rings is 1. The zero-order valence-corrected chi connectivity index (χ0v) is 10.5. The molecular formula is C14H17NO3. The standard InChI is InChI=1S/C14H17NO3/c1-3-5-6-7-13(4-2)18-14-10-8-12(9-11-14)15(16)17/h2,8-11,13H,3,5-7H2,1H3. The number of rotatable bonds is 7. The lowest BCUT2D eigenvalue weighted by Gasteiger charge is -2.13. The van der Waals surface area contributed by atoms with E-state index in [1.165, 1.54) is 12.1 Å². The Bertz CT molecular complexity index is 420. The fourth-order valence-electron chi connectivity index (χ4n) is 1.57. The monoisotopic (exact) mass is 247 g/mol. The van der Waals surface area contributed by atoms with E-state index in [1.54, 1.807) is 12.1 Å². The van der Waals surface area contributed by atoms with Gasteiger partial charge in [0.2, 0.25) is 0 Å². The Morgan fingerprint density at radius 2 is 2.06 bits per heavy atom. The van der Waals surface area contributed by atoms with Crippen LogP contribution in [0.2, 0.25) is 0 Å². The predicted octanol–water partition coefficient (Wildman–Crippen LogP) is 3.56. The first-order valence-electron chi connectivity index (χ1n) is 6.04. The van der Waals surface area contributed by atoms with Crippen molar-refractivity contribution in [3.8, 4) is 18.1 Å². The van der Waals surface area contributed by atoms with E-state index in [0.29, 0.717) is 5.75 Å². The second-order valence-electron chi connectivity index (χ2n) is 4.02. The average molecular weight is 247 g/mol. The summed E-state index contributed by atoms with van der Waals surface area (Å²) in [5.74, 6) is 3.16. The lowest BCUT2D eigenvalue weighted by atomic mass is 10.1. The molecule has 0 spiro atoms. The summed E-state index contributed by atoms with van der Waals surface area (Å²) in [7, 11) is 0. The summed E-state index contributed by atoms with van der Waals surface area (Å²) in [6.07, 6.45) is 9.23. The molecule has 0 aliphatic carbocycles. The van der Waals surface area contributed by atoms with Gasteiger partial charge in [-0.25, -0.2) is 0 Å². The average Bonchev–Trinajstić information content (AvgIpc) is 2.38. The molecule has 0 N–H and O–H groups in total. The molecule has 0 saturated heterocycles. The van der Waals surface area contributed by atoms with E-state index in [9.17, 15) is 10.1 Å². The number of hydrogen-bond donors (Lipinski definition) is 0. The van der Waals surface area contributed by atoms with E-state index in [2.05, 4.69) is 12.8 Å². The lowest BCUT2D eigenvalue weighted by molar-refractivity contribution is -0.384. The van der Waals surface area contributed by atoms with Crippen molar-refractivity contribution in [1.82, 2.24) is 0 Å². The molecule has 4 nitrogen and oxygen atoms in total. The molecule has 4 heteroatoms. The van der Waals surface area contributed by atoms with Crippen LogP contribution in [0.5, 0.6) is 5.75 Å². The highest BCUT2D eigenvalue weighted by Gasteiger charge is 2.08. The molecular weight excluding hydrogens is 230 g/mol. The summed E-state index contributed by atoms with van der Waals surface area (Å²) in [4.78, 5) is 10.1. The first-order valence-corrected chi connectivity index (χ1v) is 6.04. The highest BCUT2D eigenvalue weighted by Crippen LogP contribution is 2.19. The Labute approximate surface area is 107 Å². The summed E-state index contributed by atoms with van der Waals surface area (Å²) < 4.78 is 5.59. The molecule has 0 amide bonds. The maximum absolute atomic E-state index is 10.5. The van der Waals surface area contributed by atoms with Gasteiger partial charge >= 0.3 is 0 Å². The maximum atomic E-state index is 10.5. The SMILES string of the molecule is C#CC(CCCCC)Oc1ccc([N+](=O)[O-])cc1. The number of hydrogen-bond acceptors (Lipinski definition) is 3. The third kappa shape index (κ3) is 4.46. The van der Waals surface area contributed by atoms with Gasteiger partial charge in [-0.2, -0.15) is 0 Å². The second-order valence-corrected chi connectivity index (χ2v) is 4.02. The third-order valence-electron chi connectivity index (χ3n) is 2.58. The number of nitro groups is 1. The minimum atomic E-state index is -0.441. The molecule has 1 atom stereocenters. The van der Waals surface area contributed by atoms with Gasteiger partial charge in [0.25, 0.3) is 5.69 Å². The van der Waals surface area contributed by atoms with E-state index < -0.39 is 4.92 Å². The van der Waals surface area contributed by atoms with E-state index >= 15 is 0 Å². The molecule has 0 aliphatic rings. The van der Waals surface area contributed by atoms with Gasteiger partial charge in [-0.1, -0.05) is 25.7 Å². The van der Waals surface area contributed by atoms with Gasteiger partial charge < -0.3 is 4.74 Å². The minimum absolute atomic E-state index is 0.0468. The van der Waals surface area contributed by atoms with Crippen LogP contribution < -0.4 is 4.74 Å². The van der Waals surface area contributed by atoms with Crippen LogP contribution in [0.15, 0.2) is 24.3 Å². The molecule has 0 heterocycles. The van der Waals surface area contributed by atoms with Crippen LogP contribution in [-0.2, 0) is 0 Å². The van der Waals surface area contributed by atoms with Crippen LogP contribution in [-0.4, -0.2) is 11.0 Å². The van der Waals surface area contributed by atoms with E-state index in [0.717, 1.165) is 25.7 Å². The minimum Gasteiger partial charge on any atom is -0.478 e. The van der Waals surface area contributed by atoms with E-state index in [4.69, 9.17) is 11.2 Å². The molecule has 96 valence electrons. The van der Waals surface area contributed by atoms with Crippen LogP contribution in [0.25, 0.3) is 0 Å². The Balaban J connectivity index is 2.54. The van der Waals surface area contributed by atoms with Crippen molar-refractivity contribution in [3.05, 3.63) is 34.4 Å². The number of ether oxygens (including phenoxy) is 1. The fraction of sp³-hybridized carbons (Fsp3) is 0.429. The molecule has 0 radical (unpaired) electrons. The van der Waals surface area contributed by atoms with Crippen LogP contribution >= 0.6 is 0 Å². The largest absolute Gasteiger partial charge is 0.478 e. The van der Waals surface area contributed by atoms with Gasteiger partial charge in [0.05, 0.1) is 4.92 Å². The van der Waals surface area contributed by atoms with Gasteiger partial charge in [0, 0.05) is 12.1 Å². The number of nitrogens with zero attached hydrogens (tertiary/aromatic N) is 1. The van der Waals surface area contributed by atoms with E-state index in [-0.39, 0.29) is 11.8 Å². The van der Waals surface area contributed by atoms with Crippen molar-refractivity contribution in [1.29, 1.82) is 0 Å². The molecule has 1 rings (SSSR count). The van der Waals surface area contributed by atoms with Crippen molar-refractivity contribution in [2.24, 2.45) is 0 Å². The highest BCUT2D eigenvalue weighted by molar-refractivity contribution is 5.36. The number of terminal acetylenes is 1. The number of non-ortho nitro benzene ring substituents is 1. The topological polar surface area (TPSA) is 52.4 Å². The second kappa shape index (κ2) is 7.33. The van der Waals surface area contributed by atoms with Crippen LogP contribution in [0.1, 0.15) is 32.6 Å². The van der Waals surface area contributed by atoms with Gasteiger partial charge in [0.15, 0.2) is 6.10 Å². The van der Waals surface area contributed by atoms with Crippen molar-refractivity contribution in [3.63, 3.8) is 0 Å². The Kier molecular flexibility index (Phi) is 5.72. The van der Waals surface area contributed by atoms with Gasteiger partial charge in [-0.15, -0.1) is 6.42 Å². The molecule has 1 unspecified atom stereocenters. The van der Waals surface area contributed by atoms with Crippen LogP contribution in [0.3, 0.4) is 0 Å². The van der Waals surface area contributed by atoms with Crippen LogP contribution in [0.4, 0.5) is 5.69 Å². The molecule has 1 aromatic rings. The quantitative estimate of drug-likeness (QED) is 0.320. The summed E-state index contributed by atoms with van der Waals surface area (Å²) in [5, 5.41) is 10.5. The first-order chi connectivity index (χ1) is 8.67. The molecule has 0 saturated carbocycles.